The SMILES string of the molecule is COc1ccc(C(=O)N(C)C)cc1NC(=O)c1c(C)nn(Cc2ccccc2)c1Cl. The number of benzene rings is 2. The summed E-state index contributed by atoms with van der Waals surface area (Å²) in [5.74, 6) is -0.174. The van der Waals surface area contributed by atoms with Crippen molar-refractivity contribution in [3.8, 4) is 5.75 Å². The predicted octanol–water partition coefficient (Wildman–Crippen LogP) is 3.86. The molecule has 0 atom stereocenters. The van der Waals surface area contributed by atoms with E-state index < -0.39 is 5.91 Å². The lowest BCUT2D eigenvalue weighted by atomic mass is 10.1. The molecule has 0 bridgehead atoms. The van der Waals surface area contributed by atoms with Gasteiger partial charge in [0, 0.05) is 19.7 Å². The molecule has 0 saturated heterocycles. The Hall–Kier alpha value is -3.32. The van der Waals surface area contributed by atoms with Gasteiger partial charge in [-0.05, 0) is 30.7 Å². The summed E-state index contributed by atoms with van der Waals surface area (Å²) in [6, 6.07) is 14.6. The van der Waals surface area contributed by atoms with Crippen LogP contribution in [0.4, 0.5) is 5.69 Å². The molecule has 3 rings (SSSR count). The molecule has 2 aromatic carbocycles. The van der Waals surface area contributed by atoms with Crippen LogP contribution in [0.15, 0.2) is 48.5 Å². The summed E-state index contributed by atoms with van der Waals surface area (Å²) >= 11 is 6.49. The molecule has 0 aliphatic carbocycles. The van der Waals surface area contributed by atoms with Crippen molar-refractivity contribution in [2.24, 2.45) is 0 Å². The van der Waals surface area contributed by atoms with E-state index in [1.165, 1.54) is 12.0 Å². The van der Waals surface area contributed by atoms with E-state index >= 15 is 0 Å². The van der Waals surface area contributed by atoms with Gasteiger partial charge < -0.3 is 15.0 Å². The third-order valence-electron chi connectivity index (χ3n) is 4.57. The molecule has 2 amide bonds. The molecule has 0 spiro atoms. The fourth-order valence-corrected chi connectivity index (χ4v) is 3.37. The fourth-order valence-electron chi connectivity index (χ4n) is 3.05. The standard InChI is InChI=1S/C22H23ClN4O3/c1-14-19(20(23)27(25-14)13-15-8-6-5-7-9-15)21(28)24-17-12-16(22(29)26(2)3)10-11-18(17)30-4/h5-12H,13H2,1-4H3,(H,24,28). The second kappa shape index (κ2) is 9.00. The van der Waals surface area contributed by atoms with Gasteiger partial charge in [0.2, 0.25) is 0 Å². The van der Waals surface area contributed by atoms with Crippen LogP contribution in [0.5, 0.6) is 5.75 Å². The predicted molar refractivity (Wildman–Crippen MR) is 116 cm³/mol. The van der Waals surface area contributed by atoms with Crippen LogP contribution in [0.25, 0.3) is 0 Å². The van der Waals surface area contributed by atoms with Crippen molar-refractivity contribution >= 4 is 29.1 Å². The van der Waals surface area contributed by atoms with E-state index in [2.05, 4.69) is 10.4 Å². The van der Waals surface area contributed by atoms with Crippen LogP contribution in [-0.2, 0) is 6.54 Å². The number of amides is 2. The number of nitrogens with zero attached hydrogens (tertiary/aromatic N) is 3. The van der Waals surface area contributed by atoms with Crippen LogP contribution in [-0.4, -0.2) is 47.7 Å². The van der Waals surface area contributed by atoms with Gasteiger partial charge in [-0.25, -0.2) is 4.68 Å². The molecule has 0 saturated carbocycles. The van der Waals surface area contributed by atoms with Crippen molar-refractivity contribution in [3.05, 3.63) is 76.1 Å². The molecule has 1 aromatic heterocycles. The average molecular weight is 427 g/mol. The van der Waals surface area contributed by atoms with Crippen LogP contribution >= 0.6 is 11.6 Å². The number of hydrogen-bond acceptors (Lipinski definition) is 4. The number of rotatable bonds is 6. The topological polar surface area (TPSA) is 76.5 Å². The molecule has 0 unspecified atom stereocenters. The first kappa shape index (κ1) is 21.4. The maximum Gasteiger partial charge on any atom is 0.260 e. The maximum atomic E-state index is 13.0. The first-order valence-electron chi connectivity index (χ1n) is 9.29. The second-order valence-electron chi connectivity index (χ2n) is 6.96. The minimum absolute atomic E-state index is 0.182. The summed E-state index contributed by atoms with van der Waals surface area (Å²) in [4.78, 5) is 26.7. The Balaban J connectivity index is 1.89. The van der Waals surface area contributed by atoms with E-state index in [1.807, 2.05) is 30.3 Å². The molecular formula is C22H23ClN4O3. The number of aryl methyl sites for hydroxylation is 1. The minimum atomic E-state index is -0.426. The Morgan fingerprint density at radius 3 is 2.50 bits per heavy atom. The highest BCUT2D eigenvalue weighted by Gasteiger charge is 2.22. The number of nitrogens with one attached hydrogen (secondary N) is 1. The van der Waals surface area contributed by atoms with Gasteiger partial charge in [0.1, 0.15) is 10.9 Å². The number of carbonyl (C=O) groups excluding carboxylic acids is 2. The van der Waals surface area contributed by atoms with Crippen molar-refractivity contribution in [1.82, 2.24) is 14.7 Å². The second-order valence-corrected chi connectivity index (χ2v) is 7.32. The third kappa shape index (κ3) is 4.46. The lowest BCUT2D eigenvalue weighted by molar-refractivity contribution is 0.0827. The smallest absolute Gasteiger partial charge is 0.260 e. The zero-order chi connectivity index (χ0) is 21.8. The summed E-state index contributed by atoms with van der Waals surface area (Å²) in [5, 5.41) is 7.45. The van der Waals surface area contributed by atoms with Crippen molar-refractivity contribution in [2.75, 3.05) is 26.5 Å². The van der Waals surface area contributed by atoms with E-state index in [4.69, 9.17) is 16.3 Å². The van der Waals surface area contributed by atoms with Crippen LogP contribution < -0.4 is 10.1 Å². The number of methoxy groups -OCH3 is 1. The number of carbonyl (C=O) groups is 2. The summed E-state index contributed by atoms with van der Waals surface area (Å²) in [7, 11) is 4.82. The van der Waals surface area contributed by atoms with Gasteiger partial charge >= 0.3 is 0 Å². The Kier molecular flexibility index (Phi) is 6.42. The molecule has 7 nitrogen and oxygen atoms in total. The molecular weight excluding hydrogens is 404 g/mol. The number of halogens is 1. The van der Waals surface area contributed by atoms with Crippen LogP contribution in [0.2, 0.25) is 5.15 Å². The zero-order valence-corrected chi connectivity index (χ0v) is 18.0. The average Bonchev–Trinajstić information content (AvgIpc) is 3.01. The van der Waals surface area contributed by atoms with E-state index in [1.54, 1.807) is 43.9 Å². The Morgan fingerprint density at radius 1 is 1.17 bits per heavy atom. The highest BCUT2D eigenvalue weighted by molar-refractivity contribution is 6.33. The van der Waals surface area contributed by atoms with Gasteiger partial charge in [-0.15, -0.1) is 0 Å². The van der Waals surface area contributed by atoms with Crippen LogP contribution in [0, 0.1) is 6.92 Å². The largest absolute Gasteiger partial charge is 0.495 e. The van der Waals surface area contributed by atoms with Crippen molar-refractivity contribution in [2.45, 2.75) is 13.5 Å². The number of hydrogen-bond donors (Lipinski definition) is 1. The Morgan fingerprint density at radius 2 is 1.87 bits per heavy atom. The van der Waals surface area contributed by atoms with Gasteiger partial charge in [-0.3, -0.25) is 9.59 Å². The summed E-state index contributed by atoms with van der Waals surface area (Å²) in [6.45, 7) is 2.18. The summed E-state index contributed by atoms with van der Waals surface area (Å²) in [5.41, 5.74) is 2.61. The zero-order valence-electron chi connectivity index (χ0n) is 17.3. The molecule has 30 heavy (non-hydrogen) atoms. The number of ether oxygens (including phenoxy) is 1. The van der Waals surface area contributed by atoms with E-state index in [0.717, 1.165) is 5.56 Å². The van der Waals surface area contributed by atoms with Crippen molar-refractivity contribution in [1.29, 1.82) is 0 Å². The molecule has 1 N–H and O–H groups in total. The minimum Gasteiger partial charge on any atom is -0.495 e. The van der Waals surface area contributed by atoms with Gasteiger partial charge in [0.15, 0.2) is 0 Å². The molecule has 8 heteroatoms. The van der Waals surface area contributed by atoms with Gasteiger partial charge in [0.05, 0.1) is 30.6 Å². The lowest BCUT2D eigenvalue weighted by Gasteiger charge is -2.14. The molecule has 0 aliphatic heterocycles. The first-order chi connectivity index (χ1) is 14.3. The van der Waals surface area contributed by atoms with Crippen molar-refractivity contribution in [3.63, 3.8) is 0 Å². The maximum absolute atomic E-state index is 13.0. The highest BCUT2D eigenvalue weighted by atomic mass is 35.5. The van der Waals surface area contributed by atoms with E-state index in [9.17, 15) is 9.59 Å². The monoisotopic (exact) mass is 426 g/mol. The normalized spacial score (nSPS) is 10.6. The van der Waals surface area contributed by atoms with E-state index in [-0.39, 0.29) is 16.6 Å². The van der Waals surface area contributed by atoms with Gasteiger partial charge in [-0.1, -0.05) is 41.9 Å². The van der Waals surface area contributed by atoms with Crippen molar-refractivity contribution < 1.29 is 14.3 Å². The molecule has 0 aliphatic rings. The molecule has 3 aromatic rings. The van der Waals surface area contributed by atoms with Gasteiger partial charge in [0.25, 0.3) is 11.8 Å². The first-order valence-corrected chi connectivity index (χ1v) is 9.67. The quantitative estimate of drug-likeness (QED) is 0.649. The number of aromatic nitrogens is 2. The Bertz CT molecular complexity index is 1080. The molecule has 1 heterocycles. The summed E-state index contributed by atoms with van der Waals surface area (Å²) in [6.07, 6.45) is 0. The highest BCUT2D eigenvalue weighted by Crippen LogP contribution is 2.28. The number of anilines is 1. The van der Waals surface area contributed by atoms with Gasteiger partial charge in [-0.2, -0.15) is 5.10 Å². The fraction of sp³-hybridized carbons (Fsp3) is 0.227. The lowest BCUT2D eigenvalue weighted by Crippen LogP contribution is -2.22. The molecule has 156 valence electrons. The Labute approximate surface area is 180 Å². The molecule has 0 fully saturated rings. The third-order valence-corrected chi connectivity index (χ3v) is 4.95. The van der Waals surface area contributed by atoms with E-state index in [0.29, 0.717) is 29.2 Å². The van der Waals surface area contributed by atoms with Crippen LogP contribution in [0.3, 0.4) is 0 Å². The molecule has 0 radical (unpaired) electrons. The van der Waals surface area contributed by atoms with Crippen LogP contribution in [0.1, 0.15) is 32.0 Å². The summed E-state index contributed by atoms with van der Waals surface area (Å²) < 4.78 is 6.92.